The number of rotatable bonds is 2. The lowest BCUT2D eigenvalue weighted by Gasteiger charge is -2.05. The molecule has 0 unspecified atom stereocenters. The average Bonchev–Trinajstić information content (AvgIpc) is 3.02. The minimum atomic E-state index is -0.360. The normalized spacial score (nSPS) is 12.7. The summed E-state index contributed by atoms with van der Waals surface area (Å²) in [5.74, 6) is -0.487. The molecule has 1 aliphatic rings. The van der Waals surface area contributed by atoms with E-state index in [2.05, 4.69) is 11.4 Å². The van der Waals surface area contributed by atoms with E-state index in [9.17, 15) is 15.2 Å². The van der Waals surface area contributed by atoms with Gasteiger partial charge >= 0.3 is 0 Å². The summed E-state index contributed by atoms with van der Waals surface area (Å²) in [6.07, 6.45) is 2.93. The van der Waals surface area contributed by atoms with Gasteiger partial charge in [-0.2, -0.15) is 5.26 Å². The topological polar surface area (TPSA) is 99.1 Å². The van der Waals surface area contributed by atoms with Gasteiger partial charge in [-0.1, -0.05) is 0 Å². The fourth-order valence-corrected chi connectivity index (χ4v) is 3.71. The second-order valence-corrected chi connectivity index (χ2v) is 6.01. The molecule has 21 heavy (non-hydrogen) atoms. The van der Waals surface area contributed by atoms with Crippen molar-refractivity contribution < 1.29 is 9.90 Å². The Balaban J connectivity index is 1.88. The number of aryl methyl sites for hydroxylation is 1. The molecule has 1 aliphatic carbocycles. The maximum atomic E-state index is 12.2. The van der Waals surface area contributed by atoms with Crippen molar-refractivity contribution in [1.29, 1.82) is 5.26 Å². The third-order valence-corrected chi connectivity index (χ3v) is 4.76. The Hall–Kier alpha value is -2.52. The van der Waals surface area contributed by atoms with Gasteiger partial charge in [0.05, 0.1) is 11.3 Å². The van der Waals surface area contributed by atoms with Crippen molar-refractivity contribution in [1.82, 2.24) is 0 Å². The molecule has 1 aromatic heterocycles. The molecule has 0 radical (unpaired) electrons. The van der Waals surface area contributed by atoms with E-state index in [1.165, 1.54) is 34.4 Å². The van der Waals surface area contributed by atoms with Gasteiger partial charge in [-0.05, 0) is 43.0 Å². The van der Waals surface area contributed by atoms with Crippen LogP contribution in [0.2, 0.25) is 0 Å². The Morgan fingerprint density at radius 1 is 1.43 bits per heavy atom. The van der Waals surface area contributed by atoms with E-state index in [1.54, 1.807) is 0 Å². The lowest BCUT2D eigenvalue weighted by atomic mass is 10.1. The number of carbonyl (C=O) groups excluding carboxylic acids is 1. The van der Waals surface area contributed by atoms with Crippen molar-refractivity contribution in [3.63, 3.8) is 0 Å². The highest BCUT2D eigenvalue weighted by molar-refractivity contribution is 7.16. The van der Waals surface area contributed by atoms with Crippen molar-refractivity contribution in [3.8, 4) is 11.8 Å². The van der Waals surface area contributed by atoms with E-state index in [4.69, 9.17) is 5.73 Å². The van der Waals surface area contributed by atoms with Crippen LogP contribution in [0.25, 0.3) is 0 Å². The largest absolute Gasteiger partial charge is 0.506 e. The lowest BCUT2D eigenvalue weighted by molar-refractivity contribution is 0.102. The monoisotopic (exact) mass is 299 g/mol. The van der Waals surface area contributed by atoms with E-state index in [-0.39, 0.29) is 17.3 Å². The van der Waals surface area contributed by atoms with Crippen LogP contribution in [0.15, 0.2) is 18.2 Å². The number of amides is 1. The number of carbonyl (C=O) groups is 1. The molecule has 0 aliphatic heterocycles. The van der Waals surface area contributed by atoms with Gasteiger partial charge in [-0.25, -0.2) is 0 Å². The van der Waals surface area contributed by atoms with Gasteiger partial charge < -0.3 is 16.2 Å². The molecule has 1 heterocycles. The molecule has 1 amide bonds. The molecule has 106 valence electrons. The SMILES string of the molecule is N#Cc1c(NC(=O)c2ccc(N)c(O)c2)sc2c1CCC2. The number of thiophene rings is 1. The van der Waals surface area contributed by atoms with E-state index in [0.29, 0.717) is 16.1 Å². The van der Waals surface area contributed by atoms with E-state index >= 15 is 0 Å². The second kappa shape index (κ2) is 5.11. The number of nitrogen functional groups attached to an aromatic ring is 1. The summed E-state index contributed by atoms with van der Waals surface area (Å²) >= 11 is 1.46. The third kappa shape index (κ3) is 2.32. The third-order valence-electron chi connectivity index (χ3n) is 3.55. The molecule has 2 aromatic rings. The molecule has 5 nitrogen and oxygen atoms in total. The summed E-state index contributed by atoms with van der Waals surface area (Å²) in [6.45, 7) is 0. The van der Waals surface area contributed by atoms with Crippen LogP contribution in [0, 0.1) is 11.3 Å². The highest BCUT2D eigenvalue weighted by atomic mass is 32.1. The second-order valence-electron chi connectivity index (χ2n) is 4.90. The van der Waals surface area contributed by atoms with Crippen molar-refractivity contribution in [3.05, 3.63) is 39.8 Å². The predicted molar refractivity (Wildman–Crippen MR) is 81.5 cm³/mol. The van der Waals surface area contributed by atoms with Crippen LogP contribution in [0.3, 0.4) is 0 Å². The zero-order valence-corrected chi connectivity index (χ0v) is 12.0. The minimum Gasteiger partial charge on any atom is -0.506 e. The molecule has 4 N–H and O–H groups in total. The van der Waals surface area contributed by atoms with Gasteiger partial charge in [-0.15, -0.1) is 11.3 Å². The number of benzene rings is 1. The maximum absolute atomic E-state index is 12.2. The van der Waals surface area contributed by atoms with Crippen molar-refractivity contribution in [2.45, 2.75) is 19.3 Å². The Morgan fingerprint density at radius 3 is 2.95 bits per heavy atom. The fraction of sp³-hybridized carbons (Fsp3) is 0.200. The Kier molecular flexibility index (Phi) is 3.28. The quantitative estimate of drug-likeness (QED) is 0.586. The summed E-state index contributed by atoms with van der Waals surface area (Å²) in [7, 11) is 0. The first-order valence-electron chi connectivity index (χ1n) is 6.54. The molecule has 0 bridgehead atoms. The summed E-state index contributed by atoms with van der Waals surface area (Å²) in [5, 5.41) is 22.2. The molecular formula is C15H13N3O2S. The van der Waals surface area contributed by atoms with Crippen LogP contribution in [-0.2, 0) is 12.8 Å². The summed E-state index contributed by atoms with van der Waals surface area (Å²) in [5.41, 5.74) is 7.68. The number of anilines is 2. The number of phenolic OH excluding ortho intramolecular Hbond substituents is 1. The molecule has 0 atom stereocenters. The summed E-state index contributed by atoms with van der Waals surface area (Å²) in [6, 6.07) is 6.51. The van der Waals surface area contributed by atoms with Gasteiger partial charge in [0, 0.05) is 10.4 Å². The van der Waals surface area contributed by atoms with Crippen molar-refractivity contribution >= 4 is 27.9 Å². The first kappa shape index (κ1) is 13.5. The van der Waals surface area contributed by atoms with Crippen LogP contribution in [0.5, 0.6) is 5.75 Å². The maximum Gasteiger partial charge on any atom is 0.256 e. The van der Waals surface area contributed by atoms with Gasteiger partial charge in [0.1, 0.15) is 16.8 Å². The number of hydrogen-bond acceptors (Lipinski definition) is 5. The molecule has 0 saturated heterocycles. The van der Waals surface area contributed by atoms with E-state index < -0.39 is 0 Å². The molecule has 6 heteroatoms. The molecular weight excluding hydrogens is 286 g/mol. The van der Waals surface area contributed by atoms with Crippen LogP contribution < -0.4 is 11.1 Å². The highest BCUT2D eigenvalue weighted by Crippen LogP contribution is 2.38. The van der Waals surface area contributed by atoms with Crippen LogP contribution in [-0.4, -0.2) is 11.0 Å². The number of nitrogens with zero attached hydrogens (tertiary/aromatic N) is 1. The smallest absolute Gasteiger partial charge is 0.256 e. The number of fused-ring (bicyclic) bond motifs is 1. The number of nitriles is 1. The van der Waals surface area contributed by atoms with Gasteiger partial charge in [0.15, 0.2) is 0 Å². The lowest BCUT2D eigenvalue weighted by Crippen LogP contribution is -2.12. The molecule has 0 saturated carbocycles. The molecule has 0 spiro atoms. The van der Waals surface area contributed by atoms with E-state index in [0.717, 1.165) is 24.8 Å². The molecule has 0 fully saturated rings. The highest BCUT2D eigenvalue weighted by Gasteiger charge is 2.23. The van der Waals surface area contributed by atoms with Crippen LogP contribution >= 0.6 is 11.3 Å². The fourth-order valence-electron chi connectivity index (χ4n) is 2.47. The van der Waals surface area contributed by atoms with Crippen molar-refractivity contribution in [2.75, 3.05) is 11.1 Å². The standard InChI is InChI=1S/C15H13N3O2S/c16-7-10-9-2-1-3-13(9)21-15(10)18-14(20)8-4-5-11(17)12(19)6-8/h4-6,19H,1-3,17H2,(H,18,20). The first-order chi connectivity index (χ1) is 10.1. The number of nitrogens with one attached hydrogen (secondary N) is 1. The van der Waals surface area contributed by atoms with Crippen molar-refractivity contribution in [2.24, 2.45) is 0 Å². The number of hydrogen-bond donors (Lipinski definition) is 3. The van der Waals surface area contributed by atoms with Gasteiger partial charge in [0.2, 0.25) is 0 Å². The van der Waals surface area contributed by atoms with E-state index in [1.807, 2.05) is 0 Å². The number of nitrogens with two attached hydrogens (primary N) is 1. The zero-order chi connectivity index (χ0) is 15.0. The van der Waals surface area contributed by atoms with Crippen LogP contribution in [0.1, 0.15) is 32.8 Å². The minimum absolute atomic E-state index is 0.128. The van der Waals surface area contributed by atoms with Crippen LogP contribution in [0.4, 0.5) is 10.7 Å². The summed E-state index contributed by atoms with van der Waals surface area (Å²) in [4.78, 5) is 13.4. The zero-order valence-electron chi connectivity index (χ0n) is 11.1. The van der Waals surface area contributed by atoms with Gasteiger partial charge in [0.25, 0.3) is 5.91 Å². The Morgan fingerprint density at radius 2 is 2.24 bits per heavy atom. The number of phenols is 1. The Labute approximate surface area is 125 Å². The summed E-state index contributed by atoms with van der Waals surface area (Å²) < 4.78 is 0. The first-order valence-corrected chi connectivity index (χ1v) is 7.36. The number of aromatic hydroxyl groups is 1. The predicted octanol–water partition coefficient (Wildman–Crippen LogP) is 2.65. The average molecular weight is 299 g/mol. The molecule has 3 rings (SSSR count). The van der Waals surface area contributed by atoms with Gasteiger partial charge in [-0.3, -0.25) is 4.79 Å². The Bertz CT molecular complexity index is 774. The molecule has 1 aromatic carbocycles.